The van der Waals surface area contributed by atoms with Crippen molar-refractivity contribution in [3.05, 3.63) is 56.3 Å². The number of phenols is 1. The summed E-state index contributed by atoms with van der Waals surface area (Å²) in [5, 5.41) is 10.0. The van der Waals surface area contributed by atoms with E-state index in [2.05, 4.69) is 4.98 Å². The highest BCUT2D eigenvalue weighted by Gasteiger charge is 2.14. The van der Waals surface area contributed by atoms with Crippen LogP contribution in [0.25, 0.3) is 22.1 Å². The number of aryl methyl sites for hydroxylation is 1. The van der Waals surface area contributed by atoms with Crippen LogP contribution >= 0.6 is 11.3 Å². The molecule has 0 spiro atoms. The first kappa shape index (κ1) is 16.4. The van der Waals surface area contributed by atoms with Gasteiger partial charge in [0.2, 0.25) is 5.75 Å². The smallest absolute Gasteiger partial charge is 0.274 e. The van der Waals surface area contributed by atoms with Crippen molar-refractivity contribution in [2.24, 2.45) is 0 Å². The maximum Gasteiger partial charge on any atom is 0.274 e. The Labute approximate surface area is 152 Å². The van der Waals surface area contributed by atoms with Crippen molar-refractivity contribution in [3.8, 4) is 17.2 Å². The molecular weight excluding hydrogens is 352 g/mol. The summed E-state index contributed by atoms with van der Waals surface area (Å²) in [7, 11) is 2.93. The van der Waals surface area contributed by atoms with Crippen molar-refractivity contribution in [3.63, 3.8) is 0 Å². The second kappa shape index (κ2) is 6.03. The monoisotopic (exact) mass is 368 g/mol. The molecule has 0 radical (unpaired) electrons. The Morgan fingerprint density at radius 2 is 1.88 bits per heavy atom. The molecule has 0 aliphatic heterocycles. The summed E-state index contributed by atoms with van der Waals surface area (Å²) in [6.45, 7) is 1.96. The number of hydrogen-bond acceptors (Lipinski definition) is 6. The number of para-hydroxylation sites is 1. The van der Waals surface area contributed by atoms with Gasteiger partial charge in [-0.25, -0.2) is 9.38 Å². The Kier molecular flexibility index (Phi) is 3.81. The summed E-state index contributed by atoms with van der Waals surface area (Å²) in [6.07, 6.45) is 1.75. The quantitative estimate of drug-likeness (QED) is 0.601. The number of rotatable bonds is 3. The number of phenolic OH excluding ortho intramolecular Hbond substituents is 1. The summed E-state index contributed by atoms with van der Waals surface area (Å²) in [5.74, 6) is 0.494. The second-order valence-corrected chi connectivity index (χ2v) is 6.87. The molecule has 26 heavy (non-hydrogen) atoms. The highest BCUT2D eigenvalue weighted by Crippen LogP contribution is 2.37. The molecule has 0 saturated carbocycles. The zero-order valence-corrected chi connectivity index (χ0v) is 15.3. The van der Waals surface area contributed by atoms with E-state index < -0.39 is 0 Å². The van der Waals surface area contributed by atoms with Crippen LogP contribution in [0, 0.1) is 6.92 Å². The Hall–Kier alpha value is -3.06. The Morgan fingerprint density at radius 1 is 1.19 bits per heavy atom. The average Bonchev–Trinajstić information content (AvgIpc) is 3.13. The number of benzene rings is 2. The molecule has 0 bridgehead atoms. The van der Waals surface area contributed by atoms with E-state index in [4.69, 9.17) is 9.47 Å². The van der Waals surface area contributed by atoms with Crippen LogP contribution in [-0.4, -0.2) is 28.7 Å². The van der Waals surface area contributed by atoms with Gasteiger partial charge in [0.15, 0.2) is 16.5 Å². The van der Waals surface area contributed by atoms with E-state index in [1.54, 1.807) is 22.6 Å². The summed E-state index contributed by atoms with van der Waals surface area (Å²) >= 11 is 1.32. The van der Waals surface area contributed by atoms with Gasteiger partial charge in [0.1, 0.15) is 0 Å². The van der Waals surface area contributed by atoms with Crippen LogP contribution in [0.1, 0.15) is 11.1 Å². The first-order valence-corrected chi connectivity index (χ1v) is 8.72. The second-order valence-electron chi connectivity index (χ2n) is 5.86. The Bertz CT molecular complexity index is 1230. The van der Waals surface area contributed by atoms with Gasteiger partial charge in [-0.15, -0.1) is 0 Å². The molecule has 0 fully saturated rings. The maximum absolute atomic E-state index is 12.9. The molecule has 0 amide bonds. The third-order valence-corrected chi connectivity index (χ3v) is 5.23. The molecule has 2 aromatic heterocycles. The van der Waals surface area contributed by atoms with E-state index in [-0.39, 0.29) is 22.8 Å². The number of thiazole rings is 1. The molecular formula is C19H16N2O4S. The van der Waals surface area contributed by atoms with Gasteiger partial charge >= 0.3 is 0 Å². The van der Waals surface area contributed by atoms with E-state index in [9.17, 15) is 9.90 Å². The van der Waals surface area contributed by atoms with Gasteiger partial charge in [-0.1, -0.05) is 23.5 Å². The minimum Gasteiger partial charge on any atom is -0.502 e. The van der Waals surface area contributed by atoms with Gasteiger partial charge in [0, 0.05) is 0 Å². The minimum atomic E-state index is -0.118. The van der Waals surface area contributed by atoms with Gasteiger partial charge < -0.3 is 14.6 Å². The summed E-state index contributed by atoms with van der Waals surface area (Å²) in [4.78, 5) is 18.1. The number of imidazole rings is 1. The molecule has 1 N–H and O–H groups in total. The number of fused-ring (bicyclic) bond motifs is 3. The highest BCUT2D eigenvalue weighted by atomic mass is 32.1. The van der Waals surface area contributed by atoms with Gasteiger partial charge in [-0.05, 0) is 42.3 Å². The molecule has 4 rings (SSSR count). The summed E-state index contributed by atoms with van der Waals surface area (Å²) in [6, 6.07) is 9.11. The average molecular weight is 368 g/mol. The molecule has 2 aromatic carbocycles. The van der Waals surface area contributed by atoms with Crippen LogP contribution in [0.15, 0.2) is 35.1 Å². The Morgan fingerprint density at radius 3 is 2.54 bits per heavy atom. The lowest BCUT2D eigenvalue weighted by molar-refractivity contribution is 0.340. The van der Waals surface area contributed by atoms with E-state index >= 15 is 0 Å². The number of methoxy groups -OCH3 is 2. The van der Waals surface area contributed by atoms with Crippen molar-refractivity contribution >= 4 is 33.4 Å². The minimum absolute atomic E-state index is 0.0721. The van der Waals surface area contributed by atoms with Gasteiger partial charge in [0.25, 0.3) is 5.56 Å². The molecule has 0 saturated heterocycles. The predicted molar refractivity (Wildman–Crippen MR) is 102 cm³/mol. The first-order chi connectivity index (χ1) is 12.5. The van der Waals surface area contributed by atoms with Crippen LogP contribution in [0.4, 0.5) is 0 Å². The molecule has 2 heterocycles. The van der Waals surface area contributed by atoms with Crippen LogP contribution in [-0.2, 0) is 0 Å². The van der Waals surface area contributed by atoms with Crippen LogP contribution in [0.5, 0.6) is 17.2 Å². The zero-order chi connectivity index (χ0) is 18.4. The number of aromatic hydroxyl groups is 1. The van der Waals surface area contributed by atoms with Crippen LogP contribution in [0.3, 0.4) is 0 Å². The molecule has 132 valence electrons. The molecule has 0 aliphatic rings. The fourth-order valence-corrected chi connectivity index (χ4v) is 4.00. The molecule has 4 aromatic rings. The van der Waals surface area contributed by atoms with E-state index in [1.807, 2.05) is 25.1 Å². The van der Waals surface area contributed by atoms with Crippen molar-refractivity contribution in [1.82, 2.24) is 9.38 Å². The van der Waals surface area contributed by atoms with Gasteiger partial charge in [0.05, 0.1) is 29.8 Å². The van der Waals surface area contributed by atoms with Gasteiger partial charge in [-0.2, -0.15) is 0 Å². The fraction of sp³-hybridized carbons (Fsp3) is 0.158. The number of aromatic nitrogens is 2. The third kappa shape index (κ3) is 2.40. The lowest BCUT2D eigenvalue weighted by atomic mass is 10.1. The number of ether oxygens (including phenoxy) is 2. The van der Waals surface area contributed by atoms with Crippen molar-refractivity contribution in [1.29, 1.82) is 0 Å². The van der Waals surface area contributed by atoms with E-state index in [0.717, 1.165) is 16.6 Å². The topological polar surface area (TPSA) is 73.1 Å². The van der Waals surface area contributed by atoms with E-state index in [0.29, 0.717) is 15.1 Å². The number of hydrogen-bond donors (Lipinski definition) is 1. The number of nitrogens with zero attached hydrogens (tertiary/aromatic N) is 2. The standard InChI is InChI=1S/C19H16N2O4S/c1-10-5-4-6-12-16(10)21-18(23)15(26-19(21)20-12)9-11-7-13(24-2)17(22)14(8-11)25-3/h4-9,22H,1-3H3/b15-9-. The maximum atomic E-state index is 12.9. The Balaban J connectivity index is 1.98. The van der Waals surface area contributed by atoms with Gasteiger partial charge in [-0.3, -0.25) is 4.79 Å². The SMILES string of the molecule is COc1cc(/C=c2\sc3nc4cccc(C)c4n3c2=O)cc(OC)c1O. The molecule has 6 nitrogen and oxygen atoms in total. The lowest BCUT2D eigenvalue weighted by Crippen LogP contribution is -2.22. The zero-order valence-electron chi connectivity index (χ0n) is 14.4. The van der Waals surface area contributed by atoms with Crippen LogP contribution < -0.4 is 19.6 Å². The third-order valence-electron chi connectivity index (χ3n) is 4.26. The largest absolute Gasteiger partial charge is 0.502 e. The highest BCUT2D eigenvalue weighted by molar-refractivity contribution is 7.15. The normalized spacial score (nSPS) is 12.2. The van der Waals surface area contributed by atoms with Crippen molar-refractivity contribution < 1.29 is 14.6 Å². The summed E-state index contributed by atoms with van der Waals surface area (Å²) in [5.41, 5.74) is 3.23. The predicted octanol–water partition coefficient (Wildman–Crippen LogP) is 2.49. The fourth-order valence-electron chi connectivity index (χ4n) is 3.02. The molecule has 0 atom stereocenters. The van der Waals surface area contributed by atoms with E-state index in [1.165, 1.54) is 25.6 Å². The van der Waals surface area contributed by atoms with Crippen molar-refractivity contribution in [2.75, 3.05) is 14.2 Å². The summed E-state index contributed by atoms with van der Waals surface area (Å²) < 4.78 is 12.5. The molecule has 7 heteroatoms. The van der Waals surface area contributed by atoms with Crippen LogP contribution in [0.2, 0.25) is 0 Å². The molecule has 0 unspecified atom stereocenters. The first-order valence-electron chi connectivity index (χ1n) is 7.90. The van der Waals surface area contributed by atoms with Crippen molar-refractivity contribution in [2.45, 2.75) is 6.92 Å². The molecule has 0 aliphatic carbocycles. The lowest BCUT2D eigenvalue weighted by Gasteiger charge is -2.09.